The summed E-state index contributed by atoms with van der Waals surface area (Å²) >= 11 is 0. The maximum atomic E-state index is 11.9. The quantitative estimate of drug-likeness (QED) is 0.263. The summed E-state index contributed by atoms with van der Waals surface area (Å²) < 4.78 is 16.3. The van der Waals surface area contributed by atoms with Crippen LogP contribution in [0.4, 0.5) is 0 Å². The molecule has 0 bridgehead atoms. The number of carbonyl (C=O) groups is 1. The highest BCUT2D eigenvalue weighted by Crippen LogP contribution is 2.38. The van der Waals surface area contributed by atoms with E-state index in [0.29, 0.717) is 34.8 Å². The van der Waals surface area contributed by atoms with Crippen molar-refractivity contribution in [2.75, 3.05) is 7.11 Å². The third-order valence-corrected chi connectivity index (χ3v) is 3.92. The number of benzene rings is 1. The van der Waals surface area contributed by atoms with Crippen LogP contribution in [0.3, 0.4) is 0 Å². The first-order valence-corrected chi connectivity index (χ1v) is 8.26. The van der Waals surface area contributed by atoms with E-state index in [9.17, 15) is 9.90 Å². The number of aliphatic hydroxyl groups excluding tert-OH is 1. The lowest BCUT2D eigenvalue weighted by Gasteiger charge is -2.25. The van der Waals surface area contributed by atoms with Crippen molar-refractivity contribution in [2.24, 2.45) is 0 Å². The molecular formula is C21H24O5. The molecule has 0 saturated carbocycles. The number of hydrogen-bond acceptors (Lipinski definition) is 5. The van der Waals surface area contributed by atoms with Gasteiger partial charge in [-0.1, -0.05) is 31.4 Å². The highest BCUT2D eigenvalue weighted by molar-refractivity contribution is 5.89. The zero-order valence-corrected chi connectivity index (χ0v) is 15.3. The van der Waals surface area contributed by atoms with E-state index in [1.807, 2.05) is 24.3 Å². The van der Waals surface area contributed by atoms with Crippen LogP contribution in [0.25, 0.3) is 0 Å². The van der Waals surface area contributed by atoms with Gasteiger partial charge in [0.15, 0.2) is 11.5 Å². The van der Waals surface area contributed by atoms with E-state index in [0.717, 1.165) is 5.56 Å². The summed E-state index contributed by atoms with van der Waals surface area (Å²) in [6, 6.07) is 5.36. The average molecular weight is 356 g/mol. The third-order valence-electron chi connectivity index (χ3n) is 3.92. The van der Waals surface area contributed by atoms with Crippen molar-refractivity contribution in [3.05, 3.63) is 72.1 Å². The Bertz CT molecular complexity index is 773. The Morgan fingerprint density at radius 1 is 1.27 bits per heavy atom. The minimum absolute atomic E-state index is 0.123. The van der Waals surface area contributed by atoms with Gasteiger partial charge >= 0.3 is 5.97 Å². The van der Waals surface area contributed by atoms with Gasteiger partial charge in [0.1, 0.15) is 5.76 Å². The smallest absolute Gasteiger partial charge is 0.338 e. The van der Waals surface area contributed by atoms with Crippen molar-refractivity contribution in [1.82, 2.24) is 0 Å². The van der Waals surface area contributed by atoms with E-state index in [4.69, 9.17) is 14.2 Å². The van der Waals surface area contributed by atoms with E-state index >= 15 is 0 Å². The lowest BCUT2D eigenvalue weighted by atomic mass is 9.90. The molecule has 5 heteroatoms. The van der Waals surface area contributed by atoms with Crippen molar-refractivity contribution in [3.8, 4) is 11.5 Å². The van der Waals surface area contributed by atoms with Crippen LogP contribution in [-0.4, -0.2) is 24.5 Å². The Morgan fingerprint density at radius 3 is 2.62 bits per heavy atom. The molecule has 1 aromatic carbocycles. The second-order valence-electron chi connectivity index (χ2n) is 6.18. The summed E-state index contributed by atoms with van der Waals surface area (Å²) in [5.41, 5.74) is 1.69. The van der Waals surface area contributed by atoms with E-state index in [2.05, 4.69) is 13.2 Å². The van der Waals surface area contributed by atoms with Crippen LogP contribution < -0.4 is 9.47 Å². The van der Waals surface area contributed by atoms with Crippen molar-refractivity contribution >= 4 is 5.97 Å². The highest BCUT2D eigenvalue weighted by Gasteiger charge is 2.23. The molecule has 0 saturated heterocycles. The minimum Gasteiger partial charge on any atom is -0.493 e. The van der Waals surface area contributed by atoms with Gasteiger partial charge in [-0.05, 0) is 49.6 Å². The van der Waals surface area contributed by atoms with Crippen LogP contribution in [0.2, 0.25) is 0 Å². The normalized spacial score (nSPS) is 17.1. The maximum Gasteiger partial charge on any atom is 0.338 e. The van der Waals surface area contributed by atoms with Crippen molar-refractivity contribution in [1.29, 1.82) is 0 Å². The summed E-state index contributed by atoms with van der Waals surface area (Å²) in [7, 11) is 1.51. The number of allylic oxidation sites excluding steroid dienone is 4. The predicted molar refractivity (Wildman–Crippen MR) is 99.9 cm³/mol. The van der Waals surface area contributed by atoms with Crippen LogP contribution >= 0.6 is 0 Å². The summed E-state index contributed by atoms with van der Waals surface area (Å²) in [5.74, 6) is 0.733. The zero-order chi connectivity index (χ0) is 19.3. The van der Waals surface area contributed by atoms with Gasteiger partial charge in [0.2, 0.25) is 6.29 Å². The van der Waals surface area contributed by atoms with Gasteiger partial charge in [0, 0.05) is 11.5 Å². The fraction of sp³-hybridized carbons (Fsp3) is 0.286. The summed E-state index contributed by atoms with van der Waals surface area (Å²) in [5, 5.41) is 9.97. The van der Waals surface area contributed by atoms with Crippen LogP contribution in [-0.2, 0) is 9.53 Å². The van der Waals surface area contributed by atoms with Crippen LogP contribution in [0.5, 0.6) is 11.5 Å². The molecular weight excluding hydrogens is 332 g/mol. The fourth-order valence-corrected chi connectivity index (χ4v) is 2.44. The Kier molecular flexibility index (Phi) is 6.41. The molecule has 2 unspecified atom stereocenters. The molecule has 0 fully saturated rings. The molecule has 2 rings (SSSR count). The number of carbonyl (C=O) groups excluding carboxylic acids is 1. The van der Waals surface area contributed by atoms with Gasteiger partial charge in [-0.2, -0.15) is 0 Å². The predicted octanol–water partition coefficient (Wildman–Crippen LogP) is 4.02. The number of hydrogen-bond donors (Lipinski definition) is 1. The first-order chi connectivity index (χ1) is 12.3. The molecule has 0 aliphatic heterocycles. The van der Waals surface area contributed by atoms with Crippen molar-refractivity contribution in [3.63, 3.8) is 0 Å². The van der Waals surface area contributed by atoms with Crippen LogP contribution in [0.15, 0.2) is 66.5 Å². The minimum atomic E-state index is -1.07. The fourth-order valence-electron chi connectivity index (χ4n) is 2.44. The maximum absolute atomic E-state index is 11.9. The topological polar surface area (TPSA) is 65.0 Å². The van der Waals surface area contributed by atoms with Crippen molar-refractivity contribution in [2.45, 2.75) is 32.5 Å². The number of methoxy groups -OCH3 is 1. The van der Waals surface area contributed by atoms with E-state index in [-0.39, 0.29) is 5.92 Å². The van der Waals surface area contributed by atoms with E-state index in [1.54, 1.807) is 26.0 Å². The summed E-state index contributed by atoms with van der Waals surface area (Å²) in [6.45, 7) is 10.6. The van der Waals surface area contributed by atoms with E-state index < -0.39 is 12.3 Å². The lowest BCUT2D eigenvalue weighted by molar-refractivity contribution is -0.130. The van der Waals surface area contributed by atoms with Gasteiger partial charge in [0.25, 0.3) is 0 Å². The molecule has 0 radical (unpaired) electrons. The van der Waals surface area contributed by atoms with Gasteiger partial charge in [-0.25, -0.2) is 4.79 Å². The largest absolute Gasteiger partial charge is 0.493 e. The average Bonchev–Trinajstić information content (AvgIpc) is 2.61. The Morgan fingerprint density at radius 2 is 2.00 bits per heavy atom. The SMILES string of the molecule is C=C(C)C(=O)Oc1cc(C2CC=CC=C2OC(O)C(=C)C)ccc1OC. The first kappa shape index (κ1) is 19.5. The second kappa shape index (κ2) is 8.54. The molecule has 5 nitrogen and oxygen atoms in total. The number of rotatable bonds is 7. The van der Waals surface area contributed by atoms with Crippen molar-refractivity contribution < 1.29 is 24.1 Å². The van der Waals surface area contributed by atoms with Gasteiger partial charge < -0.3 is 19.3 Å². The second-order valence-corrected chi connectivity index (χ2v) is 6.18. The highest BCUT2D eigenvalue weighted by atomic mass is 16.6. The Balaban J connectivity index is 2.32. The molecule has 1 N–H and O–H groups in total. The number of aliphatic hydroxyl groups is 1. The first-order valence-electron chi connectivity index (χ1n) is 8.26. The third kappa shape index (κ3) is 4.64. The van der Waals surface area contributed by atoms with Gasteiger partial charge in [-0.15, -0.1) is 0 Å². The number of ether oxygens (including phenoxy) is 3. The molecule has 2 atom stereocenters. The molecule has 0 spiro atoms. The molecule has 1 aliphatic carbocycles. The van der Waals surface area contributed by atoms with Crippen LogP contribution in [0, 0.1) is 0 Å². The molecule has 138 valence electrons. The summed E-state index contributed by atoms with van der Waals surface area (Å²) in [6.07, 6.45) is 5.31. The summed E-state index contributed by atoms with van der Waals surface area (Å²) in [4.78, 5) is 11.9. The molecule has 26 heavy (non-hydrogen) atoms. The molecule has 0 heterocycles. The monoisotopic (exact) mass is 356 g/mol. The number of esters is 1. The van der Waals surface area contributed by atoms with Gasteiger partial charge in [-0.3, -0.25) is 0 Å². The lowest BCUT2D eigenvalue weighted by Crippen LogP contribution is -2.17. The Hall–Kier alpha value is -2.79. The molecule has 1 aromatic rings. The zero-order valence-electron chi connectivity index (χ0n) is 15.3. The molecule has 1 aliphatic rings. The Labute approximate surface area is 153 Å². The molecule has 0 aromatic heterocycles. The molecule has 0 amide bonds. The van der Waals surface area contributed by atoms with Gasteiger partial charge in [0.05, 0.1) is 7.11 Å². The van der Waals surface area contributed by atoms with Crippen LogP contribution in [0.1, 0.15) is 31.7 Å². The van der Waals surface area contributed by atoms with E-state index in [1.165, 1.54) is 7.11 Å². The standard InChI is InChI=1S/C21H24O5/c1-13(2)20(22)25-17-9-7-6-8-16(17)15-10-11-18(24-5)19(12-15)26-21(23)14(3)4/h6-7,9-12,16,20,22H,1,3,8H2,2,4-5H3.